The summed E-state index contributed by atoms with van der Waals surface area (Å²) in [7, 11) is 0. The van der Waals surface area contributed by atoms with Crippen molar-refractivity contribution in [1.82, 2.24) is 10.3 Å². The van der Waals surface area contributed by atoms with Crippen molar-refractivity contribution in [3.63, 3.8) is 0 Å². The second-order valence-corrected chi connectivity index (χ2v) is 6.14. The van der Waals surface area contributed by atoms with Crippen LogP contribution in [0.15, 0.2) is 16.9 Å². The van der Waals surface area contributed by atoms with Crippen LogP contribution in [0.2, 0.25) is 5.02 Å². The standard InChI is InChI=1S/C12H15BrClN3O2/c1-12(6-18,7-2-3-7)17-11(19)16-9-5-15-4-8(13)10(9)14/h4-5,7,18H,2-3,6H2,1H3,(H2,16,17,19). The monoisotopic (exact) mass is 347 g/mol. The number of anilines is 1. The van der Waals surface area contributed by atoms with Crippen LogP contribution in [0.5, 0.6) is 0 Å². The number of urea groups is 1. The molecule has 1 unspecified atom stereocenters. The van der Waals surface area contributed by atoms with Crippen LogP contribution in [0.1, 0.15) is 19.8 Å². The Bertz CT molecular complexity index is 496. The molecule has 5 nitrogen and oxygen atoms in total. The molecule has 1 aliphatic carbocycles. The lowest BCUT2D eigenvalue weighted by molar-refractivity contribution is 0.159. The topological polar surface area (TPSA) is 74.2 Å². The second kappa shape index (κ2) is 5.64. The minimum Gasteiger partial charge on any atom is -0.394 e. The average Bonchev–Trinajstić information content (AvgIpc) is 3.19. The predicted molar refractivity (Wildman–Crippen MR) is 77.3 cm³/mol. The van der Waals surface area contributed by atoms with Gasteiger partial charge in [-0.15, -0.1) is 0 Å². The zero-order chi connectivity index (χ0) is 14.0. The predicted octanol–water partition coefficient (Wildman–Crippen LogP) is 2.78. The molecular weight excluding hydrogens is 334 g/mol. The maximum absolute atomic E-state index is 11.9. The van der Waals surface area contributed by atoms with Gasteiger partial charge < -0.3 is 15.7 Å². The van der Waals surface area contributed by atoms with Crippen molar-refractivity contribution in [3.05, 3.63) is 21.9 Å². The molecule has 1 aromatic rings. The third-order valence-corrected chi connectivity index (χ3v) is 4.53. The van der Waals surface area contributed by atoms with Gasteiger partial charge in [0.15, 0.2) is 0 Å². The van der Waals surface area contributed by atoms with Gasteiger partial charge in [0.25, 0.3) is 0 Å². The van der Waals surface area contributed by atoms with Gasteiger partial charge in [-0.3, -0.25) is 4.98 Å². The van der Waals surface area contributed by atoms with Crippen molar-refractivity contribution >= 4 is 39.2 Å². The summed E-state index contributed by atoms with van der Waals surface area (Å²) in [5, 5.41) is 15.2. The van der Waals surface area contributed by atoms with Crippen LogP contribution < -0.4 is 10.6 Å². The number of aromatic nitrogens is 1. The summed E-state index contributed by atoms with van der Waals surface area (Å²) < 4.78 is 0.610. The molecule has 19 heavy (non-hydrogen) atoms. The number of aliphatic hydroxyl groups is 1. The van der Waals surface area contributed by atoms with E-state index < -0.39 is 11.6 Å². The van der Waals surface area contributed by atoms with Gasteiger partial charge in [0.1, 0.15) is 0 Å². The van der Waals surface area contributed by atoms with Crippen LogP contribution in [0, 0.1) is 5.92 Å². The SMILES string of the molecule is CC(CO)(NC(=O)Nc1cncc(Br)c1Cl)C1CC1. The summed E-state index contributed by atoms with van der Waals surface area (Å²) in [4.78, 5) is 15.9. The van der Waals surface area contributed by atoms with Gasteiger partial charge >= 0.3 is 6.03 Å². The summed E-state index contributed by atoms with van der Waals surface area (Å²) in [6.45, 7) is 1.75. The van der Waals surface area contributed by atoms with Crippen LogP contribution in [0.4, 0.5) is 10.5 Å². The van der Waals surface area contributed by atoms with Crippen molar-refractivity contribution < 1.29 is 9.90 Å². The van der Waals surface area contributed by atoms with Gasteiger partial charge in [-0.25, -0.2) is 4.79 Å². The van der Waals surface area contributed by atoms with Gasteiger partial charge in [-0.1, -0.05) is 11.6 Å². The molecule has 0 aromatic carbocycles. The normalized spacial score (nSPS) is 17.7. The first-order valence-corrected chi connectivity index (χ1v) is 7.12. The number of carbonyl (C=O) groups excluding carboxylic acids is 1. The first-order chi connectivity index (χ1) is 8.96. The lowest BCUT2D eigenvalue weighted by Crippen LogP contribution is -2.52. The first-order valence-electron chi connectivity index (χ1n) is 5.95. The summed E-state index contributed by atoms with van der Waals surface area (Å²) in [6, 6.07) is -0.398. The fourth-order valence-electron chi connectivity index (χ4n) is 1.91. The van der Waals surface area contributed by atoms with E-state index in [4.69, 9.17) is 11.6 Å². The third kappa shape index (κ3) is 3.38. The van der Waals surface area contributed by atoms with Crippen LogP contribution in [-0.2, 0) is 0 Å². The van der Waals surface area contributed by atoms with Crippen molar-refractivity contribution in [2.24, 2.45) is 5.92 Å². The molecule has 0 saturated heterocycles. The van der Waals surface area contributed by atoms with E-state index in [1.807, 2.05) is 6.92 Å². The molecule has 2 rings (SSSR count). The quantitative estimate of drug-likeness (QED) is 0.783. The summed E-state index contributed by atoms with van der Waals surface area (Å²) in [5.41, 5.74) is -0.166. The van der Waals surface area contributed by atoms with E-state index in [1.54, 1.807) is 6.20 Å². The van der Waals surface area contributed by atoms with E-state index in [1.165, 1.54) is 6.20 Å². The van der Waals surface area contributed by atoms with Gasteiger partial charge in [0, 0.05) is 6.20 Å². The van der Waals surface area contributed by atoms with Gasteiger partial charge in [-0.05, 0) is 41.6 Å². The molecule has 1 atom stereocenters. The summed E-state index contributed by atoms with van der Waals surface area (Å²) in [5.74, 6) is 0.333. The Morgan fingerprint density at radius 2 is 2.32 bits per heavy atom. The number of aliphatic hydroxyl groups excluding tert-OH is 1. The van der Waals surface area contributed by atoms with E-state index in [-0.39, 0.29) is 6.61 Å². The van der Waals surface area contributed by atoms with Crippen LogP contribution in [0.25, 0.3) is 0 Å². The second-order valence-electron chi connectivity index (χ2n) is 4.91. The number of hydrogen-bond donors (Lipinski definition) is 3. The highest BCUT2D eigenvalue weighted by atomic mass is 79.9. The Morgan fingerprint density at radius 3 is 2.89 bits per heavy atom. The Balaban J connectivity index is 2.03. The zero-order valence-corrected chi connectivity index (χ0v) is 12.8. The van der Waals surface area contributed by atoms with E-state index in [2.05, 4.69) is 31.5 Å². The average molecular weight is 349 g/mol. The highest BCUT2D eigenvalue weighted by Gasteiger charge is 2.42. The van der Waals surface area contributed by atoms with Gasteiger partial charge in [0.2, 0.25) is 0 Å². The molecule has 1 aliphatic rings. The van der Waals surface area contributed by atoms with Crippen molar-refractivity contribution in [2.45, 2.75) is 25.3 Å². The number of rotatable bonds is 4. The summed E-state index contributed by atoms with van der Waals surface area (Å²) in [6.07, 6.45) is 5.07. The molecule has 7 heteroatoms. The minimum atomic E-state index is -0.587. The maximum atomic E-state index is 11.9. The van der Waals surface area contributed by atoms with Crippen LogP contribution in [0.3, 0.4) is 0 Å². The lowest BCUT2D eigenvalue weighted by Gasteiger charge is -2.28. The number of carbonyl (C=O) groups is 1. The molecule has 0 spiro atoms. The van der Waals surface area contributed by atoms with E-state index >= 15 is 0 Å². The van der Waals surface area contributed by atoms with E-state index in [0.29, 0.717) is 21.1 Å². The number of pyridine rings is 1. The number of halogens is 2. The molecule has 3 N–H and O–H groups in total. The molecule has 1 fully saturated rings. The number of nitrogens with one attached hydrogen (secondary N) is 2. The first kappa shape index (κ1) is 14.6. The fraction of sp³-hybridized carbons (Fsp3) is 0.500. The van der Waals surface area contributed by atoms with Crippen molar-refractivity contribution in [2.75, 3.05) is 11.9 Å². The Morgan fingerprint density at radius 1 is 1.63 bits per heavy atom. The molecule has 1 saturated carbocycles. The Hall–Kier alpha value is -0.850. The molecule has 0 bridgehead atoms. The zero-order valence-electron chi connectivity index (χ0n) is 10.4. The Kier molecular flexibility index (Phi) is 4.32. The number of nitrogens with zero attached hydrogens (tertiary/aromatic N) is 1. The third-order valence-electron chi connectivity index (χ3n) is 3.29. The molecule has 0 aliphatic heterocycles. The van der Waals surface area contributed by atoms with Gasteiger partial charge in [-0.2, -0.15) is 0 Å². The van der Waals surface area contributed by atoms with E-state index in [9.17, 15) is 9.90 Å². The highest BCUT2D eigenvalue weighted by Crippen LogP contribution is 2.39. The molecular formula is C12H15BrClN3O2. The number of hydrogen-bond acceptors (Lipinski definition) is 3. The fourth-order valence-corrected chi connectivity index (χ4v) is 2.39. The minimum absolute atomic E-state index is 0.0877. The van der Waals surface area contributed by atoms with Gasteiger partial charge in [0.05, 0.1) is 33.5 Å². The maximum Gasteiger partial charge on any atom is 0.319 e. The van der Waals surface area contributed by atoms with Crippen molar-refractivity contribution in [3.8, 4) is 0 Å². The van der Waals surface area contributed by atoms with Crippen molar-refractivity contribution in [1.29, 1.82) is 0 Å². The smallest absolute Gasteiger partial charge is 0.319 e. The Labute approximate surface area is 124 Å². The van der Waals surface area contributed by atoms with E-state index in [0.717, 1.165) is 12.8 Å². The lowest BCUT2D eigenvalue weighted by atomic mass is 9.97. The molecule has 1 heterocycles. The largest absolute Gasteiger partial charge is 0.394 e. The van der Waals surface area contributed by atoms with Crippen LogP contribution >= 0.6 is 27.5 Å². The molecule has 1 aromatic heterocycles. The summed E-state index contributed by atoms with van der Waals surface area (Å²) >= 11 is 9.28. The van der Waals surface area contributed by atoms with Crippen LogP contribution in [-0.4, -0.2) is 28.3 Å². The number of amides is 2. The highest BCUT2D eigenvalue weighted by molar-refractivity contribution is 9.10. The molecule has 0 radical (unpaired) electrons. The molecule has 2 amide bonds. The molecule has 104 valence electrons.